The van der Waals surface area contributed by atoms with Crippen LogP contribution in [0.25, 0.3) is 16.9 Å². The van der Waals surface area contributed by atoms with Gasteiger partial charge in [-0.3, -0.25) is 29.3 Å². The van der Waals surface area contributed by atoms with Crippen molar-refractivity contribution >= 4 is 23.2 Å². The molecule has 3 aliphatic carbocycles. The van der Waals surface area contributed by atoms with Gasteiger partial charge in [0.25, 0.3) is 5.91 Å². The third-order valence-electron chi connectivity index (χ3n) is 9.06. The first kappa shape index (κ1) is 30.2. The number of aromatic amines is 1. The molecule has 4 atom stereocenters. The van der Waals surface area contributed by atoms with Gasteiger partial charge < -0.3 is 26.2 Å². The molecule has 5 rings (SSSR count). The van der Waals surface area contributed by atoms with Crippen LogP contribution < -0.4 is 5.73 Å². The van der Waals surface area contributed by atoms with Gasteiger partial charge in [0.05, 0.1) is 17.8 Å². The van der Waals surface area contributed by atoms with Crippen molar-refractivity contribution in [3.05, 3.63) is 63.7 Å². The van der Waals surface area contributed by atoms with E-state index in [2.05, 4.69) is 10.2 Å². The summed E-state index contributed by atoms with van der Waals surface area (Å²) in [5.74, 6) is -6.74. The Labute approximate surface area is 248 Å². The third-order valence-corrected chi connectivity index (χ3v) is 9.06. The van der Waals surface area contributed by atoms with Gasteiger partial charge in [0.15, 0.2) is 11.4 Å². The molecule has 1 unspecified atom stereocenters. The van der Waals surface area contributed by atoms with Crippen LogP contribution in [0.15, 0.2) is 47.0 Å². The molecule has 1 fully saturated rings. The first-order valence-corrected chi connectivity index (χ1v) is 14.1. The van der Waals surface area contributed by atoms with Crippen LogP contribution in [0.1, 0.15) is 37.0 Å². The second-order valence-corrected chi connectivity index (χ2v) is 12.0. The number of nitrogens with one attached hydrogen (secondary N) is 1. The third kappa shape index (κ3) is 4.57. The number of amides is 1. The van der Waals surface area contributed by atoms with Crippen LogP contribution in [0.3, 0.4) is 0 Å². The van der Waals surface area contributed by atoms with Crippen molar-refractivity contribution in [1.82, 2.24) is 20.0 Å². The Morgan fingerprint density at radius 3 is 2.51 bits per heavy atom. The number of aromatic nitrogens is 2. The number of carbonyl (C=O) groups excluding carboxylic acids is 3. The van der Waals surface area contributed by atoms with E-state index >= 15 is 0 Å². The van der Waals surface area contributed by atoms with E-state index in [1.165, 1.54) is 4.90 Å². The lowest BCUT2D eigenvalue weighted by Crippen LogP contribution is -2.65. The Morgan fingerprint density at radius 1 is 1.23 bits per heavy atom. The lowest BCUT2D eigenvalue weighted by Gasteiger charge is -2.50. The van der Waals surface area contributed by atoms with Gasteiger partial charge in [-0.25, -0.2) is 0 Å². The van der Waals surface area contributed by atoms with Crippen LogP contribution in [0.5, 0.6) is 5.75 Å². The standard InChI is InChI=1S/C31H37N5O7/c1-6-14(2)12-36(5)13-16-8-18(17-10-33-34-11-17)19-7-15-9-20-24(35(3)4)27(39)23(30(32)42)29(41)31(20,43)28(40)21(15)26(38)22(19)25(16)37/h6,8,10-11,15,20,24,37-38,41,43H,7,9,12-13H2,1-5H3,(H2,32,42)(H,33,34)/b14-6+/t15-,20-,24?,31-/m0/s1. The van der Waals surface area contributed by atoms with E-state index in [1.807, 2.05) is 37.9 Å². The number of hydrogen-bond acceptors (Lipinski definition) is 10. The molecule has 12 nitrogen and oxygen atoms in total. The normalized spacial score (nSPS) is 25.8. The topological polar surface area (TPSA) is 193 Å². The molecule has 43 heavy (non-hydrogen) atoms. The highest BCUT2D eigenvalue weighted by Gasteiger charge is 2.64. The van der Waals surface area contributed by atoms with Crippen molar-refractivity contribution in [1.29, 1.82) is 0 Å². The Balaban J connectivity index is 1.72. The summed E-state index contributed by atoms with van der Waals surface area (Å²) >= 11 is 0. The highest BCUT2D eigenvalue weighted by atomic mass is 16.3. The van der Waals surface area contributed by atoms with Crippen LogP contribution in [0.4, 0.5) is 0 Å². The molecule has 1 saturated carbocycles. The van der Waals surface area contributed by atoms with E-state index < -0.39 is 58.0 Å². The van der Waals surface area contributed by atoms with E-state index in [1.54, 1.807) is 26.5 Å². The van der Waals surface area contributed by atoms with Crippen LogP contribution >= 0.6 is 0 Å². The summed E-state index contributed by atoms with van der Waals surface area (Å²) in [6, 6.07) is 0.706. The van der Waals surface area contributed by atoms with E-state index in [4.69, 9.17) is 5.73 Å². The highest BCUT2D eigenvalue weighted by molar-refractivity contribution is 6.24. The number of phenols is 1. The first-order chi connectivity index (χ1) is 20.2. The number of nitrogens with zero attached hydrogens (tertiary/aromatic N) is 3. The van der Waals surface area contributed by atoms with Crippen molar-refractivity contribution in [3.63, 3.8) is 0 Å². The van der Waals surface area contributed by atoms with Crippen LogP contribution in [-0.2, 0) is 27.3 Å². The molecule has 1 heterocycles. The zero-order valence-electron chi connectivity index (χ0n) is 24.8. The van der Waals surface area contributed by atoms with Crippen molar-refractivity contribution in [2.45, 2.75) is 44.9 Å². The number of hydrogen-bond donors (Lipinski definition) is 6. The molecule has 0 spiro atoms. The Bertz CT molecular complexity index is 1620. The van der Waals surface area contributed by atoms with Gasteiger partial charge in [0.2, 0.25) is 5.78 Å². The Hall–Kier alpha value is -4.26. The number of H-pyrrole nitrogens is 1. The minimum atomic E-state index is -2.69. The number of fused-ring (bicyclic) bond motifs is 3. The molecule has 0 bridgehead atoms. The number of aliphatic hydroxyl groups excluding tert-OH is 2. The molecular formula is C31H37N5O7. The smallest absolute Gasteiger partial charge is 0.255 e. The van der Waals surface area contributed by atoms with Gasteiger partial charge in [0.1, 0.15) is 22.8 Å². The summed E-state index contributed by atoms with van der Waals surface area (Å²) in [7, 11) is 5.03. The second kappa shape index (κ2) is 10.8. The van der Waals surface area contributed by atoms with Gasteiger partial charge in [-0.15, -0.1) is 0 Å². The quantitative estimate of drug-likeness (QED) is 0.204. The van der Waals surface area contributed by atoms with Crippen molar-refractivity contribution in [2.75, 3.05) is 27.7 Å². The second-order valence-electron chi connectivity index (χ2n) is 12.0. The van der Waals surface area contributed by atoms with E-state index in [0.29, 0.717) is 35.3 Å². The minimum Gasteiger partial charge on any atom is -0.508 e. The largest absolute Gasteiger partial charge is 0.508 e. The molecule has 1 aromatic heterocycles. The summed E-state index contributed by atoms with van der Waals surface area (Å²) in [4.78, 5) is 43.2. The number of ketones is 2. The van der Waals surface area contributed by atoms with Crippen LogP contribution in [-0.4, -0.2) is 97.2 Å². The summed E-state index contributed by atoms with van der Waals surface area (Å²) < 4.78 is 0. The molecule has 228 valence electrons. The first-order valence-electron chi connectivity index (χ1n) is 14.1. The number of nitrogens with two attached hydrogens (primary N) is 1. The maximum absolute atomic E-state index is 14.2. The lowest BCUT2D eigenvalue weighted by molar-refractivity contribution is -0.153. The number of primary amides is 1. The summed E-state index contributed by atoms with van der Waals surface area (Å²) in [6.45, 7) is 4.89. The fraction of sp³-hybridized carbons (Fsp3) is 0.419. The predicted octanol–water partition coefficient (Wildman–Crippen LogP) is 1.75. The molecule has 0 aliphatic heterocycles. The van der Waals surface area contributed by atoms with E-state index in [9.17, 15) is 34.8 Å². The average Bonchev–Trinajstić information content (AvgIpc) is 3.46. The number of phenolic OH excluding ortho intramolecular Hbond substituents is 1. The highest BCUT2D eigenvalue weighted by Crippen LogP contribution is 2.54. The molecule has 1 amide bonds. The van der Waals surface area contributed by atoms with Gasteiger partial charge in [-0.05, 0) is 70.9 Å². The zero-order valence-corrected chi connectivity index (χ0v) is 24.8. The molecule has 0 radical (unpaired) electrons. The molecule has 12 heteroatoms. The summed E-state index contributed by atoms with van der Waals surface area (Å²) in [6.07, 6.45) is 5.53. The van der Waals surface area contributed by atoms with Gasteiger partial charge >= 0.3 is 0 Å². The zero-order chi connectivity index (χ0) is 31.5. The van der Waals surface area contributed by atoms with Crippen molar-refractivity contribution in [3.8, 4) is 16.9 Å². The van der Waals surface area contributed by atoms with E-state index in [0.717, 1.165) is 5.57 Å². The van der Waals surface area contributed by atoms with Crippen LogP contribution in [0, 0.1) is 11.8 Å². The summed E-state index contributed by atoms with van der Waals surface area (Å²) in [5.41, 5.74) is 5.39. The number of benzene rings is 1. The number of likely N-dealkylation sites (N-methyl/N-ethyl adjacent to an activating group) is 2. The number of aliphatic hydroxyl groups is 3. The number of aromatic hydroxyl groups is 1. The number of rotatable bonds is 7. The van der Waals surface area contributed by atoms with Crippen LogP contribution in [0.2, 0.25) is 0 Å². The minimum absolute atomic E-state index is 0.0183. The average molecular weight is 592 g/mol. The molecule has 3 aliphatic rings. The number of carbonyl (C=O) groups is 3. The molecule has 1 aromatic carbocycles. The van der Waals surface area contributed by atoms with Crippen molar-refractivity contribution in [2.24, 2.45) is 17.6 Å². The molecule has 7 N–H and O–H groups in total. The summed E-state index contributed by atoms with van der Waals surface area (Å²) in [5, 5.41) is 53.1. The molecule has 0 saturated heterocycles. The molecule has 2 aromatic rings. The predicted molar refractivity (Wildman–Crippen MR) is 158 cm³/mol. The van der Waals surface area contributed by atoms with E-state index in [-0.39, 0.29) is 29.7 Å². The maximum atomic E-state index is 14.2. The Morgan fingerprint density at radius 2 is 1.93 bits per heavy atom. The SMILES string of the molecule is C/C=C(\C)CN(C)Cc1cc(-c2cn[nH]c2)c2c(c1O)C(O)=C1C(=O)[C@]3(O)C(O)=C(C(N)=O)C(=O)C(N(C)C)[C@@H]3C[C@@H]1C2. The fourth-order valence-corrected chi connectivity index (χ4v) is 7.01. The maximum Gasteiger partial charge on any atom is 0.255 e. The monoisotopic (exact) mass is 591 g/mol. The van der Waals surface area contributed by atoms with Gasteiger partial charge in [0, 0.05) is 41.9 Å². The lowest BCUT2D eigenvalue weighted by atomic mass is 9.57. The number of Topliss-reactive ketones (excluding diaryl/α,β-unsaturated/α-hetero) is 2. The van der Waals surface area contributed by atoms with Gasteiger partial charge in [-0.2, -0.15) is 5.10 Å². The molecular weight excluding hydrogens is 554 g/mol. The number of allylic oxidation sites excluding steroid dienone is 1. The van der Waals surface area contributed by atoms with Crippen molar-refractivity contribution < 1.29 is 34.8 Å². The fourth-order valence-electron chi connectivity index (χ4n) is 7.01. The Kier molecular flexibility index (Phi) is 7.57. The van der Waals surface area contributed by atoms with Gasteiger partial charge in [-0.1, -0.05) is 11.6 Å².